The lowest BCUT2D eigenvalue weighted by atomic mass is 9.36. The second kappa shape index (κ2) is 5.91. The number of aliphatic hydroxyl groups excluding tert-OH is 6. The maximum Gasteiger partial charge on any atom is 0.338 e. The topological polar surface area (TPSA) is 194 Å². The zero-order valence-electron chi connectivity index (χ0n) is 16.9. The average molecular weight is 442 g/mol. The standard InChI is InChI=1S/C20H26O11/c1-6-3-7(22)12(25)17(2)8(6)9(23)15-18-5-30-19(4-21,13(26)10(24)11(17)18)20(18,29)14(27)16(28)31-15/h3,8-15,21,23-27,29H,4-5H2,1-2H3/t8-,9-,10-,11-,12-,13+,14+,15-,17+,18+,19-,20+/m1/s1. The molecule has 2 aliphatic heterocycles. The Morgan fingerprint density at radius 3 is 2.35 bits per heavy atom. The summed E-state index contributed by atoms with van der Waals surface area (Å²) in [5, 5.41) is 77.4. The highest BCUT2D eigenvalue weighted by Gasteiger charge is 2.90. The minimum Gasteiger partial charge on any atom is -0.457 e. The van der Waals surface area contributed by atoms with E-state index >= 15 is 0 Å². The van der Waals surface area contributed by atoms with Crippen molar-refractivity contribution in [2.24, 2.45) is 22.7 Å². The molecule has 4 fully saturated rings. The lowest BCUT2D eigenvalue weighted by molar-refractivity contribution is -0.370. The van der Waals surface area contributed by atoms with Gasteiger partial charge in [0.1, 0.15) is 23.9 Å². The number of hydrogen-bond acceptors (Lipinski definition) is 11. The molecule has 5 rings (SSSR count). The van der Waals surface area contributed by atoms with E-state index in [4.69, 9.17) is 9.47 Å². The molecule has 0 aromatic heterocycles. The first-order chi connectivity index (χ1) is 14.4. The van der Waals surface area contributed by atoms with Crippen LogP contribution in [0.1, 0.15) is 13.8 Å². The fourth-order valence-corrected chi connectivity index (χ4v) is 7.78. The van der Waals surface area contributed by atoms with E-state index in [1.165, 1.54) is 13.0 Å². The summed E-state index contributed by atoms with van der Waals surface area (Å²) < 4.78 is 11.0. The molecule has 2 heterocycles. The van der Waals surface area contributed by atoms with Crippen LogP contribution >= 0.6 is 0 Å². The zero-order valence-corrected chi connectivity index (χ0v) is 16.9. The van der Waals surface area contributed by atoms with Crippen molar-refractivity contribution in [2.75, 3.05) is 13.2 Å². The molecular weight excluding hydrogens is 416 g/mol. The smallest absolute Gasteiger partial charge is 0.338 e. The molecule has 0 unspecified atom stereocenters. The largest absolute Gasteiger partial charge is 0.457 e. The van der Waals surface area contributed by atoms with Crippen molar-refractivity contribution >= 4 is 11.8 Å². The van der Waals surface area contributed by atoms with Gasteiger partial charge in [-0.1, -0.05) is 12.5 Å². The number of carbonyl (C=O) groups is 2. The van der Waals surface area contributed by atoms with Gasteiger partial charge in [-0.3, -0.25) is 4.79 Å². The normalized spacial score (nSPS) is 60.1. The molecule has 31 heavy (non-hydrogen) atoms. The molecule has 0 radical (unpaired) electrons. The second-order valence-electron chi connectivity index (χ2n) is 9.84. The summed E-state index contributed by atoms with van der Waals surface area (Å²) >= 11 is 0. The number of fused-ring (bicyclic) bond motifs is 2. The van der Waals surface area contributed by atoms with E-state index in [0.717, 1.165) is 0 Å². The SMILES string of the molecule is CC1=CC(=O)[C@@H](O)[C@@]2(C)[C@H]1[C@@H](O)[C@H]1OC(=O)[C@H](O)[C@]3(O)[C@]14CO[C@]3(CO)[C@@H](O)[C@H](O)[C@H]24. The number of aliphatic hydroxyl groups is 7. The van der Waals surface area contributed by atoms with E-state index in [-0.39, 0.29) is 0 Å². The fraction of sp³-hybridized carbons (Fsp3) is 0.800. The molecule has 0 aromatic rings. The molecule has 2 saturated carbocycles. The van der Waals surface area contributed by atoms with Crippen molar-refractivity contribution in [3.63, 3.8) is 0 Å². The maximum atomic E-state index is 12.6. The van der Waals surface area contributed by atoms with Gasteiger partial charge in [0.25, 0.3) is 0 Å². The van der Waals surface area contributed by atoms with E-state index in [1.54, 1.807) is 6.92 Å². The average Bonchev–Trinajstić information content (AvgIpc) is 2.92. The van der Waals surface area contributed by atoms with Gasteiger partial charge < -0.3 is 45.2 Å². The van der Waals surface area contributed by atoms with Crippen molar-refractivity contribution < 1.29 is 54.8 Å². The van der Waals surface area contributed by atoms with Crippen molar-refractivity contribution in [3.8, 4) is 0 Å². The first-order valence-electron chi connectivity index (χ1n) is 10.2. The molecule has 3 aliphatic carbocycles. The molecular formula is C20H26O11. The summed E-state index contributed by atoms with van der Waals surface area (Å²) in [6, 6.07) is 0. The van der Waals surface area contributed by atoms with Crippen LogP contribution in [0.2, 0.25) is 0 Å². The Morgan fingerprint density at radius 1 is 1.10 bits per heavy atom. The highest BCUT2D eigenvalue weighted by molar-refractivity contribution is 5.96. The monoisotopic (exact) mass is 442 g/mol. The van der Waals surface area contributed by atoms with Gasteiger partial charge in [-0.15, -0.1) is 0 Å². The Labute approximate surface area is 176 Å². The van der Waals surface area contributed by atoms with Gasteiger partial charge in [-0.05, 0) is 13.0 Å². The summed E-state index contributed by atoms with van der Waals surface area (Å²) in [5.41, 5.74) is -8.27. The van der Waals surface area contributed by atoms with Crippen LogP contribution in [0.5, 0.6) is 0 Å². The number of ketones is 1. The summed E-state index contributed by atoms with van der Waals surface area (Å²) in [7, 11) is 0. The minimum atomic E-state index is -2.69. The molecule has 5 aliphatic rings. The number of carbonyl (C=O) groups excluding carboxylic acids is 2. The van der Waals surface area contributed by atoms with Crippen LogP contribution in [-0.2, 0) is 19.1 Å². The maximum absolute atomic E-state index is 12.6. The van der Waals surface area contributed by atoms with Crippen molar-refractivity contribution in [1.29, 1.82) is 0 Å². The van der Waals surface area contributed by atoms with E-state index in [0.29, 0.717) is 5.57 Å². The van der Waals surface area contributed by atoms with E-state index < -0.39 is 95.5 Å². The van der Waals surface area contributed by atoms with Gasteiger partial charge in [-0.2, -0.15) is 0 Å². The molecule has 172 valence electrons. The third kappa shape index (κ3) is 1.84. The lowest BCUT2D eigenvalue weighted by Crippen LogP contribution is -2.89. The van der Waals surface area contributed by atoms with Gasteiger partial charge in [-0.25, -0.2) is 4.79 Å². The zero-order chi connectivity index (χ0) is 22.9. The number of rotatable bonds is 1. The predicted octanol–water partition coefficient (Wildman–Crippen LogP) is -4.01. The molecule has 2 bridgehead atoms. The van der Waals surface area contributed by atoms with E-state index in [2.05, 4.69) is 0 Å². The first-order valence-corrected chi connectivity index (χ1v) is 10.2. The Hall–Kier alpha value is -1.44. The van der Waals surface area contributed by atoms with Gasteiger partial charge in [0.05, 0.1) is 30.8 Å². The summed E-state index contributed by atoms with van der Waals surface area (Å²) in [6.07, 6.45) is -9.69. The molecule has 7 N–H and O–H groups in total. The van der Waals surface area contributed by atoms with Crippen molar-refractivity contribution in [1.82, 2.24) is 0 Å². The first kappa shape index (κ1) is 21.4. The Kier molecular flexibility index (Phi) is 4.08. The second-order valence-corrected chi connectivity index (χ2v) is 9.84. The van der Waals surface area contributed by atoms with E-state index in [9.17, 15) is 45.3 Å². The highest BCUT2D eigenvalue weighted by atomic mass is 16.6. The van der Waals surface area contributed by atoms with Crippen LogP contribution in [0.25, 0.3) is 0 Å². The third-order valence-electron chi connectivity index (χ3n) is 8.94. The summed E-state index contributed by atoms with van der Waals surface area (Å²) in [6.45, 7) is 1.40. The molecule has 0 amide bonds. The molecule has 1 spiro atoms. The molecule has 12 atom stereocenters. The van der Waals surface area contributed by atoms with Crippen LogP contribution in [0, 0.1) is 22.7 Å². The molecule has 11 nitrogen and oxygen atoms in total. The Bertz CT molecular complexity index is 904. The van der Waals surface area contributed by atoms with Gasteiger partial charge in [0.15, 0.2) is 17.5 Å². The number of esters is 1. The fourth-order valence-electron chi connectivity index (χ4n) is 7.78. The van der Waals surface area contributed by atoms with E-state index in [1.807, 2.05) is 0 Å². The van der Waals surface area contributed by atoms with Gasteiger partial charge >= 0.3 is 5.97 Å². The van der Waals surface area contributed by atoms with Crippen molar-refractivity contribution in [2.45, 2.75) is 61.7 Å². The van der Waals surface area contributed by atoms with Gasteiger partial charge in [0.2, 0.25) is 0 Å². The number of hydrogen-bond donors (Lipinski definition) is 7. The number of ether oxygens (including phenoxy) is 2. The van der Waals surface area contributed by atoms with Crippen LogP contribution in [0.15, 0.2) is 11.6 Å². The molecule has 11 heteroatoms. The van der Waals surface area contributed by atoms with Crippen molar-refractivity contribution in [3.05, 3.63) is 11.6 Å². The molecule has 2 saturated heterocycles. The van der Waals surface area contributed by atoms with Crippen LogP contribution in [0.4, 0.5) is 0 Å². The van der Waals surface area contributed by atoms with Crippen LogP contribution in [-0.4, -0.2) is 109 Å². The van der Waals surface area contributed by atoms with Gasteiger partial charge in [0, 0.05) is 17.3 Å². The molecule has 0 aromatic carbocycles. The van der Waals surface area contributed by atoms with Crippen LogP contribution in [0.3, 0.4) is 0 Å². The third-order valence-corrected chi connectivity index (χ3v) is 8.94. The Balaban J connectivity index is 1.87. The Morgan fingerprint density at radius 2 is 1.74 bits per heavy atom. The highest BCUT2D eigenvalue weighted by Crippen LogP contribution is 2.73. The summed E-state index contributed by atoms with van der Waals surface area (Å²) in [4.78, 5) is 25.1. The lowest BCUT2D eigenvalue weighted by Gasteiger charge is -2.71. The predicted molar refractivity (Wildman–Crippen MR) is 96.9 cm³/mol. The quantitative estimate of drug-likeness (QED) is 0.196. The van der Waals surface area contributed by atoms with Crippen LogP contribution < -0.4 is 0 Å². The minimum absolute atomic E-state index is 0.366. The summed E-state index contributed by atoms with van der Waals surface area (Å²) in [5.74, 6) is -4.33.